The lowest BCUT2D eigenvalue weighted by atomic mass is 10.2. The molecule has 5 rings (SSSR count). The second kappa shape index (κ2) is 7.75. The fourth-order valence-corrected chi connectivity index (χ4v) is 3.79. The molecule has 2 aliphatic heterocycles. The van der Waals surface area contributed by atoms with Gasteiger partial charge in [-0.15, -0.1) is 0 Å². The normalized spacial score (nSPS) is 19.7. The molecule has 1 unspecified atom stereocenters. The first-order valence-electron chi connectivity index (χ1n) is 9.72. The Morgan fingerprint density at radius 3 is 2.69 bits per heavy atom. The third-order valence-electron chi connectivity index (χ3n) is 5.34. The summed E-state index contributed by atoms with van der Waals surface area (Å²) in [5.41, 5.74) is 1.92. The number of piperazine rings is 1. The van der Waals surface area contributed by atoms with Gasteiger partial charge in [0.25, 0.3) is 0 Å². The van der Waals surface area contributed by atoms with E-state index in [1.165, 1.54) is 18.9 Å². The maximum atomic E-state index is 14.0. The van der Waals surface area contributed by atoms with Crippen molar-refractivity contribution in [1.82, 2.24) is 19.9 Å². The highest BCUT2D eigenvalue weighted by Gasteiger charge is 2.22. The Morgan fingerprint density at radius 2 is 1.90 bits per heavy atom. The van der Waals surface area contributed by atoms with E-state index in [4.69, 9.17) is 9.47 Å². The number of anilines is 2. The molecule has 4 heterocycles. The fourth-order valence-electron chi connectivity index (χ4n) is 3.79. The van der Waals surface area contributed by atoms with Gasteiger partial charge in [-0.2, -0.15) is 0 Å². The minimum Gasteiger partial charge on any atom is -0.471 e. The number of rotatable bonds is 4. The predicted octanol–water partition coefficient (Wildman–Crippen LogP) is 2.05. The highest BCUT2D eigenvalue weighted by atomic mass is 19.1. The van der Waals surface area contributed by atoms with Crippen LogP contribution in [-0.4, -0.2) is 65.4 Å². The Kier molecular flexibility index (Phi) is 4.81. The molecule has 3 aromatic rings. The van der Waals surface area contributed by atoms with Crippen molar-refractivity contribution in [2.24, 2.45) is 0 Å². The molecule has 150 valence electrons. The number of benzene rings is 1. The molecule has 1 aromatic carbocycles. The van der Waals surface area contributed by atoms with Crippen LogP contribution in [0.15, 0.2) is 37.1 Å². The van der Waals surface area contributed by atoms with Gasteiger partial charge < -0.3 is 19.3 Å². The van der Waals surface area contributed by atoms with Crippen LogP contribution in [0.1, 0.15) is 6.42 Å². The highest BCUT2D eigenvalue weighted by molar-refractivity contribution is 5.86. The van der Waals surface area contributed by atoms with E-state index in [0.717, 1.165) is 42.7 Å². The summed E-state index contributed by atoms with van der Waals surface area (Å²) in [4.78, 5) is 20.7. The van der Waals surface area contributed by atoms with Crippen LogP contribution in [0, 0.1) is 5.82 Å². The number of ether oxygens (including phenoxy) is 2. The fraction of sp³-hybridized carbons (Fsp3) is 0.400. The zero-order valence-electron chi connectivity index (χ0n) is 15.9. The number of aromatic nitrogens is 4. The zero-order valence-corrected chi connectivity index (χ0v) is 15.9. The van der Waals surface area contributed by atoms with Gasteiger partial charge in [-0.05, 0) is 18.2 Å². The van der Waals surface area contributed by atoms with Gasteiger partial charge in [-0.1, -0.05) is 0 Å². The predicted molar refractivity (Wildman–Crippen MR) is 106 cm³/mol. The van der Waals surface area contributed by atoms with Crippen molar-refractivity contribution in [3.63, 3.8) is 0 Å². The van der Waals surface area contributed by atoms with Gasteiger partial charge in [-0.25, -0.2) is 24.3 Å². The Morgan fingerprint density at radius 1 is 1.03 bits per heavy atom. The average Bonchev–Trinajstić information content (AvgIpc) is 3.27. The Hall–Kier alpha value is -3.07. The lowest BCUT2D eigenvalue weighted by Gasteiger charge is -2.36. The first-order chi connectivity index (χ1) is 14.3. The number of hydrogen-bond donors (Lipinski definition) is 0. The molecule has 0 spiro atoms. The molecule has 2 aliphatic rings. The molecule has 8 nitrogen and oxygen atoms in total. The summed E-state index contributed by atoms with van der Waals surface area (Å²) < 4.78 is 25.4. The van der Waals surface area contributed by atoms with E-state index in [1.54, 1.807) is 0 Å². The van der Waals surface area contributed by atoms with E-state index >= 15 is 0 Å². The SMILES string of the molecule is Fc1cncnc1N1CCN(c2ccc3ncnc(OC4CCOC4)c3c2)CC1. The summed E-state index contributed by atoms with van der Waals surface area (Å²) in [6.07, 6.45) is 5.01. The monoisotopic (exact) mass is 396 g/mol. The van der Waals surface area contributed by atoms with Crippen LogP contribution >= 0.6 is 0 Å². The van der Waals surface area contributed by atoms with E-state index in [2.05, 4.69) is 37.0 Å². The summed E-state index contributed by atoms with van der Waals surface area (Å²) in [5, 5.41) is 0.890. The molecule has 0 saturated carbocycles. The van der Waals surface area contributed by atoms with E-state index in [9.17, 15) is 4.39 Å². The second-order valence-corrected chi connectivity index (χ2v) is 7.15. The third-order valence-corrected chi connectivity index (χ3v) is 5.34. The van der Waals surface area contributed by atoms with E-state index in [0.29, 0.717) is 31.4 Å². The first-order valence-corrected chi connectivity index (χ1v) is 9.72. The summed E-state index contributed by atoms with van der Waals surface area (Å²) in [5.74, 6) is 0.566. The third kappa shape index (κ3) is 3.65. The molecular formula is C20H21FN6O2. The van der Waals surface area contributed by atoms with Gasteiger partial charge in [0.1, 0.15) is 18.8 Å². The minimum atomic E-state index is -0.388. The van der Waals surface area contributed by atoms with Crippen molar-refractivity contribution in [2.75, 3.05) is 49.2 Å². The van der Waals surface area contributed by atoms with Crippen LogP contribution in [0.2, 0.25) is 0 Å². The Bertz CT molecular complexity index is 1010. The van der Waals surface area contributed by atoms with Crippen LogP contribution < -0.4 is 14.5 Å². The topological polar surface area (TPSA) is 76.5 Å². The molecule has 0 N–H and O–H groups in total. The molecule has 0 aliphatic carbocycles. The summed E-state index contributed by atoms with van der Waals surface area (Å²) in [7, 11) is 0. The quantitative estimate of drug-likeness (QED) is 0.663. The van der Waals surface area contributed by atoms with Crippen molar-refractivity contribution in [3.8, 4) is 5.88 Å². The summed E-state index contributed by atoms with van der Waals surface area (Å²) in [6, 6.07) is 6.11. The lowest BCUT2D eigenvalue weighted by molar-refractivity contribution is 0.139. The van der Waals surface area contributed by atoms with Crippen LogP contribution in [0.4, 0.5) is 15.9 Å². The first kappa shape index (κ1) is 18.0. The van der Waals surface area contributed by atoms with Crippen LogP contribution in [0.5, 0.6) is 5.88 Å². The molecule has 2 fully saturated rings. The molecule has 2 saturated heterocycles. The molecule has 2 aromatic heterocycles. The highest BCUT2D eigenvalue weighted by Crippen LogP contribution is 2.29. The smallest absolute Gasteiger partial charge is 0.224 e. The van der Waals surface area contributed by atoms with Gasteiger partial charge in [0, 0.05) is 38.3 Å². The van der Waals surface area contributed by atoms with Crippen molar-refractivity contribution in [3.05, 3.63) is 42.9 Å². The number of halogens is 1. The van der Waals surface area contributed by atoms with Crippen molar-refractivity contribution in [1.29, 1.82) is 0 Å². The van der Waals surface area contributed by atoms with Gasteiger partial charge in [0.15, 0.2) is 11.6 Å². The van der Waals surface area contributed by atoms with Gasteiger partial charge in [-0.3, -0.25) is 0 Å². The van der Waals surface area contributed by atoms with Crippen molar-refractivity contribution >= 4 is 22.4 Å². The molecular weight excluding hydrogens is 375 g/mol. The number of fused-ring (bicyclic) bond motifs is 1. The molecule has 1 atom stereocenters. The van der Waals surface area contributed by atoms with Crippen molar-refractivity contribution in [2.45, 2.75) is 12.5 Å². The summed E-state index contributed by atoms with van der Waals surface area (Å²) in [6.45, 7) is 4.19. The van der Waals surface area contributed by atoms with E-state index in [-0.39, 0.29) is 11.9 Å². The zero-order chi connectivity index (χ0) is 19.6. The van der Waals surface area contributed by atoms with E-state index < -0.39 is 0 Å². The second-order valence-electron chi connectivity index (χ2n) is 7.15. The Balaban J connectivity index is 1.35. The van der Waals surface area contributed by atoms with Crippen molar-refractivity contribution < 1.29 is 13.9 Å². The molecule has 0 amide bonds. The molecule has 0 bridgehead atoms. The largest absolute Gasteiger partial charge is 0.471 e. The van der Waals surface area contributed by atoms with Gasteiger partial charge >= 0.3 is 0 Å². The standard InChI is InChI=1S/C20H21FN6O2/c21-17-10-22-12-24-19(17)27-6-4-26(5-7-27)14-1-2-18-16(9-14)20(25-13-23-18)29-15-3-8-28-11-15/h1-2,9-10,12-13,15H,3-8,11H2. The molecule has 9 heteroatoms. The van der Waals surface area contributed by atoms with Gasteiger partial charge in [0.05, 0.1) is 30.3 Å². The van der Waals surface area contributed by atoms with Crippen LogP contribution in [-0.2, 0) is 4.74 Å². The maximum absolute atomic E-state index is 14.0. The lowest BCUT2D eigenvalue weighted by Crippen LogP contribution is -2.47. The molecule has 0 radical (unpaired) electrons. The molecule has 29 heavy (non-hydrogen) atoms. The number of nitrogens with zero attached hydrogens (tertiary/aromatic N) is 6. The van der Waals surface area contributed by atoms with Crippen LogP contribution in [0.25, 0.3) is 10.9 Å². The van der Waals surface area contributed by atoms with Gasteiger partial charge in [0.2, 0.25) is 5.88 Å². The Labute approximate surface area is 167 Å². The maximum Gasteiger partial charge on any atom is 0.224 e. The average molecular weight is 396 g/mol. The van der Waals surface area contributed by atoms with Crippen LogP contribution in [0.3, 0.4) is 0 Å². The number of hydrogen-bond acceptors (Lipinski definition) is 8. The van der Waals surface area contributed by atoms with E-state index in [1.807, 2.05) is 11.0 Å². The minimum absolute atomic E-state index is 0.0306. The summed E-state index contributed by atoms with van der Waals surface area (Å²) >= 11 is 0.